The number of benzene rings is 2. The Hall–Kier alpha value is -3.98. The van der Waals surface area contributed by atoms with Gasteiger partial charge in [-0.25, -0.2) is 13.7 Å². The van der Waals surface area contributed by atoms with E-state index < -0.39 is 11.8 Å². The Kier molecular flexibility index (Phi) is 4.95. The van der Waals surface area contributed by atoms with E-state index in [0.29, 0.717) is 35.4 Å². The zero-order valence-electron chi connectivity index (χ0n) is 17.3. The van der Waals surface area contributed by atoms with E-state index in [1.165, 1.54) is 9.58 Å². The number of nitrogens with zero attached hydrogens (tertiary/aromatic N) is 4. The minimum atomic E-state index is -0.541. The fourth-order valence-electron chi connectivity index (χ4n) is 3.92. The average molecular weight is 432 g/mol. The van der Waals surface area contributed by atoms with Gasteiger partial charge in [-0.05, 0) is 30.2 Å². The molecule has 0 spiro atoms. The van der Waals surface area contributed by atoms with E-state index in [1.807, 2.05) is 30.3 Å². The summed E-state index contributed by atoms with van der Waals surface area (Å²) in [5.41, 5.74) is 8.77. The van der Waals surface area contributed by atoms with Crippen molar-refractivity contribution < 1.29 is 14.0 Å². The van der Waals surface area contributed by atoms with Crippen molar-refractivity contribution in [2.24, 2.45) is 0 Å². The highest BCUT2D eigenvalue weighted by Gasteiger charge is 2.32. The lowest BCUT2D eigenvalue weighted by Crippen LogP contribution is -2.34. The third-order valence-corrected chi connectivity index (χ3v) is 5.53. The largest absolute Gasteiger partial charge is 0.366 e. The highest BCUT2D eigenvalue weighted by molar-refractivity contribution is 5.91. The van der Waals surface area contributed by atoms with Crippen LogP contribution in [0.5, 0.6) is 0 Å². The first kappa shape index (κ1) is 20.0. The summed E-state index contributed by atoms with van der Waals surface area (Å²) in [4.78, 5) is 22.7. The Morgan fingerprint density at radius 1 is 1.19 bits per heavy atom. The van der Waals surface area contributed by atoms with Gasteiger partial charge >= 0.3 is 6.03 Å². The van der Waals surface area contributed by atoms with E-state index in [9.17, 15) is 4.79 Å². The van der Waals surface area contributed by atoms with Gasteiger partial charge in [0, 0.05) is 23.7 Å². The Labute approximate surface area is 183 Å². The molecule has 162 valence electrons. The molecule has 4 aromatic rings. The molecule has 5 rings (SSSR count). The SMILES string of the molecule is Cc1ccc(-c2ccc3nc(N)nn3c2)c(F)c1NC(=O)N1OCC[C@H]1c1ccccc1. The molecule has 1 atom stereocenters. The smallest absolute Gasteiger partial charge is 0.346 e. The second-order valence-corrected chi connectivity index (χ2v) is 7.61. The van der Waals surface area contributed by atoms with Crippen LogP contribution in [0.2, 0.25) is 0 Å². The molecule has 0 bridgehead atoms. The Morgan fingerprint density at radius 2 is 2.00 bits per heavy atom. The maximum absolute atomic E-state index is 15.5. The van der Waals surface area contributed by atoms with Crippen LogP contribution in [0.15, 0.2) is 60.8 Å². The number of carbonyl (C=O) groups excluding carboxylic acids is 1. The molecule has 0 saturated carbocycles. The highest BCUT2D eigenvalue weighted by Crippen LogP contribution is 2.33. The maximum Gasteiger partial charge on any atom is 0.346 e. The summed E-state index contributed by atoms with van der Waals surface area (Å²) >= 11 is 0. The van der Waals surface area contributed by atoms with Crippen molar-refractivity contribution >= 4 is 23.3 Å². The number of fused-ring (bicyclic) bond motifs is 1. The number of nitrogens with one attached hydrogen (secondary N) is 1. The van der Waals surface area contributed by atoms with Crippen molar-refractivity contribution in [3.8, 4) is 11.1 Å². The summed E-state index contributed by atoms with van der Waals surface area (Å²) in [5, 5.41) is 8.06. The molecule has 0 aliphatic carbocycles. The lowest BCUT2D eigenvalue weighted by Gasteiger charge is -2.24. The molecule has 32 heavy (non-hydrogen) atoms. The van der Waals surface area contributed by atoms with Crippen LogP contribution in [0.1, 0.15) is 23.6 Å². The molecule has 0 radical (unpaired) electrons. The molecule has 2 amide bonds. The first-order valence-corrected chi connectivity index (χ1v) is 10.2. The van der Waals surface area contributed by atoms with Crippen LogP contribution in [0.4, 0.5) is 20.8 Å². The predicted octanol–water partition coefficient (Wildman–Crippen LogP) is 4.34. The second kappa shape index (κ2) is 7.93. The molecule has 1 aliphatic heterocycles. The number of hydroxylamine groups is 2. The van der Waals surface area contributed by atoms with Crippen molar-refractivity contribution in [2.45, 2.75) is 19.4 Å². The number of hydrogen-bond donors (Lipinski definition) is 2. The van der Waals surface area contributed by atoms with Crippen LogP contribution in [-0.2, 0) is 4.84 Å². The number of halogens is 1. The number of urea groups is 1. The van der Waals surface area contributed by atoms with Gasteiger partial charge in [0.1, 0.15) is 0 Å². The fraction of sp³-hybridized carbons (Fsp3) is 0.174. The minimum absolute atomic E-state index is 0.105. The van der Waals surface area contributed by atoms with Crippen LogP contribution >= 0.6 is 0 Å². The number of pyridine rings is 1. The van der Waals surface area contributed by atoms with Crippen LogP contribution in [0.25, 0.3) is 16.8 Å². The van der Waals surface area contributed by atoms with Crippen molar-refractivity contribution in [3.05, 3.63) is 77.7 Å². The standard InChI is InChI=1S/C23H21FN6O2/c1-14-7-9-17(16-8-10-19-26-22(25)28-29(19)13-16)20(24)21(14)27-23(31)30-18(11-12-32-30)15-5-3-2-4-6-15/h2-10,13,18H,11-12H2,1H3,(H2,25,28)(H,27,31)/t18-/m0/s1. The van der Waals surface area contributed by atoms with Gasteiger partial charge in [-0.15, -0.1) is 5.10 Å². The molecule has 1 aliphatic rings. The Balaban J connectivity index is 1.45. The van der Waals surface area contributed by atoms with Crippen molar-refractivity contribution in [3.63, 3.8) is 0 Å². The van der Waals surface area contributed by atoms with Gasteiger partial charge in [0.2, 0.25) is 5.95 Å². The van der Waals surface area contributed by atoms with Crippen molar-refractivity contribution in [1.29, 1.82) is 0 Å². The van der Waals surface area contributed by atoms with Gasteiger partial charge in [0.25, 0.3) is 0 Å². The average Bonchev–Trinajstić information content (AvgIpc) is 3.42. The van der Waals surface area contributed by atoms with Crippen LogP contribution in [-0.4, -0.2) is 32.3 Å². The van der Waals surface area contributed by atoms with E-state index in [2.05, 4.69) is 15.4 Å². The molecule has 2 aromatic carbocycles. The second-order valence-electron chi connectivity index (χ2n) is 7.61. The summed E-state index contributed by atoms with van der Waals surface area (Å²) in [7, 11) is 0. The van der Waals surface area contributed by atoms with Crippen molar-refractivity contribution in [2.75, 3.05) is 17.7 Å². The fourth-order valence-corrected chi connectivity index (χ4v) is 3.92. The minimum Gasteiger partial charge on any atom is -0.366 e. The predicted molar refractivity (Wildman–Crippen MR) is 118 cm³/mol. The van der Waals surface area contributed by atoms with Gasteiger partial charge in [-0.2, -0.15) is 10.0 Å². The van der Waals surface area contributed by atoms with Crippen LogP contribution < -0.4 is 11.1 Å². The molecule has 3 heterocycles. The molecule has 9 heteroatoms. The molecule has 8 nitrogen and oxygen atoms in total. The number of amides is 2. The molecular formula is C23H21FN6O2. The zero-order valence-corrected chi connectivity index (χ0v) is 17.3. The molecular weight excluding hydrogens is 411 g/mol. The van der Waals surface area contributed by atoms with Gasteiger partial charge in [0.15, 0.2) is 11.5 Å². The number of rotatable bonds is 3. The molecule has 2 aromatic heterocycles. The number of aromatic nitrogens is 3. The summed E-state index contributed by atoms with van der Waals surface area (Å²) in [5.74, 6) is -0.403. The van der Waals surface area contributed by atoms with Crippen LogP contribution in [0, 0.1) is 12.7 Å². The quantitative estimate of drug-likeness (QED) is 0.502. The number of anilines is 2. The lowest BCUT2D eigenvalue weighted by molar-refractivity contribution is -0.0830. The van der Waals surface area contributed by atoms with Gasteiger partial charge in [-0.3, -0.25) is 4.84 Å². The van der Waals surface area contributed by atoms with E-state index in [4.69, 9.17) is 10.6 Å². The lowest BCUT2D eigenvalue weighted by atomic mass is 10.0. The van der Waals surface area contributed by atoms with E-state index >= 15 is 4.39 Å². The maximum atomic E-state index is 15.5. The molecule has 1 saturated heterocycles. The van der Waals surface area contributed by atoms with Gasteiger partial charge < -0.3 is 11.1 Å². The topological polar surface area (TPSA) is 97.8 Å². The van der Waals surface area contributed by atoms with E-state index in [-0.39, 0.29) is 17.7 Å². The third kappa shape index (κ3) is 3.52. The first-order chi connectivity index (χ1) is 15.5. The van der Waals surface area contributed by atoms with E-state index in [0.717, 1.165) is 5.56 Å². The number of nitrogens with two attached hydrogens (primary N) is 1. The van der Waals surface area contributed by atoms with Gasteiger partial charge in [-0.1, -0.05) is 42.5 Å². The number of hydrogen-bond acceptors (Lipinski definition) is 5. The normalized spacial score (nSPS) is 15.9. The summed E-state index contributed by atoms with van der Waals surface area (Å²) < 4.78 is 17.0. The Bertz CT molecular complexity index is 1310. The number of aryl methyl sites for hydroxylation is 1. The van der Waals surface area contributed by atoms with E-state index in [1.54, 1.807) is 37.4 Å². The molecule has 3 N–H and O–H groups in total. The zero-order chi connectivity index (χ0) is 22.2. The first-order valence-electron chi connectivity index (χ1n) is 10.2. The highest BCUT2D eigenvalue weighted by atomic mass is 19.1. The summed E-state index contributed by atoms with van der Waals surface area (Å²) in [6, 6.07) is 15.7. The number of nitrogen functional groups attached to an aromatic ring is 1. The monoisotopic (exact) mass is 432 g/mol. The third-order valence-electron chi connectivity index (χ3n) is 5.53. The Morgan fingerprint density at radius 3 is 2.81 bits per heavy atom. The molecule has 1 fully saturated rings. The van der Waals surface area contributed by atoms with Crippen LogP contribution in [0.3, 0.4) is 0 Å². The molecule has 0 unspecified atom stereocenters. The van der Waals surface area contributed by atoms with Gasteiger partial charge in [0.05, 0.1) is 18.3 Å². The number of carbonyl (C=O) groups is 1. The van der Waals surface area contributed by atoms with Crippen molar-refractivity contribution in [1.82, 2.24) is 19.7 Å². The summed E-state index contributed by atoms with van der Waals surface area (Å²) in [6.45, 7) is 2.15. The summed E-state index contributed by atoms with van der Waals surface area (Å²) in [6.07, 6.45) is 2.31.